The van der Waals surface area contributed by atoms with Crippen LogP contribution < -0.4 is 5.32 Å². The van der Waals surface area contributed by atoms with E-state index in [9.17, 15) is 4.79 Å². The Bertz CT molecular complexity index is 376. The Balaban J connectivity index is 0.00000162. The standard InChI is InChI=1S/C13H18N2OS.ClH/c1-2-4-15(9-11-3-5-17-10-11)13(16)6-12-7-14-8-12;/h2-3,5,10,12,14H,1,4,6-9H2;1H. The number of amides is 1. The Labute approximate surface area is 118 Å². The maximum absolute atomic E-state index is 12.1. The van der Waals surface area contributed by atoms with Gasteiger partial charge in [0, 0.05) is 19.5 Å². The molecular weight excluding hydrogens is 268 g/mol. The number of carbonyl (C=O) groups is 1. The fourth-order valence-corrected chi connectivity index (χ4v) is 2.54. The lowest BCUT2D eigenvalue weighted by Gasteiger charge is -2.29. The topological polar surface area (TPSA) is 32.3 Å². The van der Waals surface area contributed by atoms with Gasteiger partial charge >= 0.3 is 0 Å². The van der Waals surface area contributed by atoms with Crippen molar-refractivity contribution in [2.45, 2.75) is 13.0 Å². The molecule has 1 amide bonds. The number of hydrogen-bond acceptors (Lipinski definition) is 3. The second-order valence-corrected chi connectivity index (χ2v) is 5.20. The first-order valence-corrected chi connectivity index (χ1v) is 6.84. The summed E-state index contributed by atoms with van der Waals surface area (Å²) in [6.45, 7) is 7.02. The molecule has 1 aliphatic rings. The minimum absolute atomic E-state index is 0. The number of rotatable bonds is 6. The van der Waals surface area contributed by atoms with E-state index in [-0.39, 0.29) is 18.3 Å². The molecule has 0 atom stereocenters. The maximum atomic E-state index is 12.1. The van der Waals surface area contributed by atoms with E-state index in [1.807, 2.05) is 10.3 Å². The van der Waals surface area contributed by atoms with Crippen LogP contribution in [0, 0.1) is 5.92 Å². The average Bonchev–Trinajstić information content (AvgIpc) is 2.75. The van der Waals surface area contributed by atoms with Crippen LogP contribution in [-0.4, -0.2) is 30.4 Å². The van der Waals surface area contributed by atoms with Gasteiger partial charge in [0.05, 0.1) is 0 Å². The predicted octanol–water partition coefficient (Wildman–Crippen LogP) is 2.29. The smallest absolute Gasteiger partial charge is 0.223 e. The van der Waals surface area contributed by atoms with Crippen molar-refractivity contribution in [3.8, 4) is 0 Å². The summed E-state index contributed by atoms with van der Waals surface area (Å²) in [5.41, 5.74) is 1.21. The molecule has 18 heavy (non-hydrogen) atoms. The van der Waals surface area contributed by atoms with Crippen LogP contribution in [0.1, 0.15) is 12.0 Å². The van der Waals surface area contributed by atoms with Crippen LogP contribution in [0.3, 0.4) is 0 Å². The highest BCUT2D eigenvalue weighted by molar-refractivity contribution is 7.07. The third kappa shape index (κ3) is 4.12. The van der Waals surface area contributed by atoms with Gasteiger partial charge in [-0.3, -0.25) is 4.79 Å². The third-order valence-corrected chi connectivity index (χ3v) is 3.72. The summed E-state index contributed by atoms with van der Waals surface area (Å²) in [5.74, 6) is 0.764. The summed E-state index contributed by atoms with van der Waals surface area (Å²) in [4.78, 5) is 14.0. The zero-order chi connectivity index (χ0) is 12.1. The molecule has 1 aliphatic heterocycles. The molecule has 100 valence electrons. The monoisotopic (exact) mass is 286 g/mol. The second-order valence-electron chi connectivity index (χ2n) is 4.42. The van der Waals surface area contributed by atoms with Crippen molar-refractivity contribution in [3.63, 3.8) is 0 Å². The zero-order valence-electron chi connectivity index (χ0n) is 10.3. The first-order valence-electron chi connectivity index (χ1n) is 5.90. The highest BCUT2D eigenvalue weighted by Gasteiger charge is 2.23. The van der Waals surface area contributed by atoms with Crippen molar-refractivity contribution in [2.75, 3.05) is 19.6 Å². The van der Waals surface area contributed by atoms with Gasteiger partial charge in [-0.1, -0.05) is 6.08 Å². The lowest BCUT2D eigenvalue weighted by atomic mass is 9.98. The lowest BCUT2D eigenvalue weighted by Crippen LogP contribution is -2.45. The molecule has 1 N–H and O–H groups in total. The van der Waals surface area contributed by atoms with Crippen LogP contribution in [0.2, 0.25) is 0 Å². The number of thiophene rings is 1. The van der Waals surface area contributed by atoms with Crippen LogP contribution in [0.4, 0.5) is 0 Å². The molecule has 1 aromatic heterocycles. The summed E-state index contributed by atoms with van der Waals surface area (Å²) in [7, 11) is 0. The average molecular weight is 287 g/mol. The van der Waals surface area contributed by atoms with E-state index in [4.69, 9.17) is 0 Å². The van der Waals surface area contributed by atoms with E-state index >= 15 is 0 Å². The minimum Gasteiger partial charge on any atom is -0.335 e. The van der Waals surface area contributed by atoms with Gasteiger partial charge in [-0.15, -0.1) is 19.0 Å². The molecule has 0 aliphatic carbocycles. The lowest BCUT2D eigenvalue weighted by molar-refractivity contribution is -0.132. The van der Waals surface area contributed by atoms with Crippen molar-refractivity contribution in [1.29, 1.82) is 0 Å². The fourth-order valence-electron chi connectivity index (χ4n) is 1.88. The summed E-state index contributed by atoms with van der Waals surface area (Å²) in [6, 6.07) is 2.07. The van der Waals surface area contributed by atoms with Gasteiger partial charge < -0.3 is 10.2 Å². The summed E-state index contributed by atoms with van der Waals surface area (Å²) < 4.78 is 0. The molecule has 0 saturated carbocycles. The molecule has 1 aromatic rings. The Hall–Kier alpha value is -0.840. The first kappa shape index (κ1) is 15.2. The summed E-state index contributed by atoms with van der Waals surface area (Å²) in [5, 5.41) is 7.33. The van der Waals surface area contributed by atoms with E-state index in [2.05, 4.69) is 23.3 Å². The third-order valence-electron chi connectivity index (χ3n) is 2.99. The zero-order valence-corrected chi connectivity index (χ0v) is 11.9. The molecule has 5 heteroatoms. The molecule has 2 heterocycles. The minimum atomic E-state index is 0. The van der Waals surface area contributed by atoms with Crippen molar-refractivity contribution >= 4 is 29.7 Å². The van der Waals surface area contributed by atoms with Crippen LogP contribution in [-0.2, 0) is 11.3 Å². The van der Waals surface area contributed by atoms with E-state index in [0.717, 1.165) is 13.1 Å². The number of carbonyl (C=O) groups excluding carboxylic acids is 1. The molecule has 0 bridgehead atoms. The molecule has 0 radical (unpaired) electrons. The Morgan fingerprint density at radius 2 is 2.39 bits per heavy atom. The first-order chi connectivity index (χ1) is 8.29. The quantitative estimate of drug-likeness (QED) is 0.814. The van der Waals surface area contributed by atoms with Gasteiger partial charge in [0.15, 0.2) is 0 Å². The Kier molecular flexibility index (Phi) is 6.39. The van der Waals surface area contributed by atoms with Gasteiger partial charge in [-0.05, 0) is 41.4 Å². The summed E-state index contributed by atoms with van der Waals surface area (Å²) in [6.07, 6.45) is 2.45. The van der Waals surface area contributed by atoms with Gasteiger partial charge in [0.2, 0.25) is 5.91 Å². The van der Waals surface area contributed by atoms with Crippen LogP contribution in [0.15, 0.2) is 29.5 Å². The SMILES string of the molecule is C=CCN(Cc1ccsc1)C(=O)CC1CNC1.Cl. The highest BCUT2D eigenvalue weighted by atomic mass is 35.5. The molecule has 1 saturated heterocycles. The Morgan fingerprint density at radius 3 is 2.89 bits per heavy atom. The second kappa shape index (κ2) is 7.56. The number of halogens is 1. The normalized spacial score (nSPS) is 14.4. The van der Waals surface area contributed by atoms with Crippen molar-refractivity contribution in [1.82, 2.24) is 10.2 Å². The van der Waals surface area contributed by atoms with Gasteiger partial charge in [-0.2, -0.15) is 11.3 Å². The van der Waals surface area contributed by atoms with E-state index < -0.39 is 0 Å². The van der Waals surface area contributed by atoms with E-state index in [1.54, 1.807) is 17.4 Å². The number of hydrogen-bond donors (Lipinski definition) is 1. The van der Waals surface area contributed by atoms with Crippen LogP contribution in [0.5, 0.6) is 0 Å². The number of nitrogens with one attached hydrogen (secondary N) is 1. The van der Waals surface area contributed by atoms with E-state index in [1.165, 1.54) is 5.56 Å². The molecule has 1 fully saturated rings. The number of nitrogens with zero attached hydrogens (tertiary/aromatic N) is 1. The Morgan fingerprint density at radius 1 is 1.61 bits per heavy atom. The molecule has 2 rings (SSSR count). The largest absolute Gasteiger partial charge is 0.335 e. The highest BCUT2D eigenvalue weighted by Crippen LogP contribution is 2.14. The molecule has 0 spiro atoms. The van der Waals surface area contributed by atoms with Gasteiger partial charge in [-0.25, -0.2) is 0 Å². The van der Waals surface area contributed by atoms with Crippen molar-refractivity contribution in [2.24, 2.45) is 5.92 Å². The molecule has 3 nitrogen and oxygen atoms in total. The van der Waals surface area contributed by atoms with Gasteiger partial charge in [0.1, 0.15) is 0 Å². The van der Waals surface area contributed by atoms with Crippen molar-refractivity contribution < 1.29 is 4.79 Å². The maximum Gasteiger partial charge on any atom is 0.223 e. The summed E-state index contributed by atoms with van der Waals surface area (Å²) >= 11 is 1.67. The van der Waals surface area contributed by atoms with Crippen LogP contribution >= 0.6 is 23.7 Å². The van der Waals surface area contributed by atoms with Gasteiger partial charge in [0.25, 0.3) is 0 Å². The molecular formula is C13H19ClN2OS. The fraction of sp³-hybridized carbons (Fsp3) is 0.462. The van der Waals surface area contributed by atoms with Crippen LogP contribution in [0.25, 0.3) is 0 Å². The molecule has 0 unspecified atom stereocenters. The van der Waals surface area contributed by atoms with E-state index in [0.29, 0.717) is 25.4 Å². The predicted molar refractivity (Wildman–Crippen MR) is 78.2 cm³/mol. The molecule has 0 aromatic carbocycles. The van der Waals surface area contributed by atoms with Crippen molar-refractivity contribution in [3.05, 3.63) is 35.0 Å².